The van der Waals surface area contributed by atoms with Crippen LogP contribution in [0.25, 0.3) is 0 Å². The molecule has 0 fully saturated rings. The minimum atomic E-state index is 0.481. The number of hydrogen-bond acceptors (Lipinski definition) is 2. The molecule has 0 bridgehead atoms. The Labute approximate surface area is 99.2 Å². The molecule has 16 heavy (non-hydrogen) atoms. The molecule has 2 heteroatoms. The van der Waals surface area contributed by atoms with Gasteiger partial charge in [0, 0.05) is 19.6 Å². The lowest BCUT2D eigenvalue weighted by molar-refractivity contribution is 0.249. The van der Waals surface area contributed by atoms with E-state index in [1.807, 2.05) is 6.20 Å². The first-order chi connectivity index (χ1) is 7.63. The largest absolute Gasteiger partial charge is 0.376 e. The van der Waals surface area contributed by atoms with Crippen molar-refractivity contribution in [2.75, 3.05) is 27.7 Å². The van der Waals surface area contributed by atoms with Crippen LogP contribution in [0.15, 0.2) is 43.1 Å². The summed E-state index contributed by atoms with van der Waals surface area (Å²) in [5.74, 6) is 0. The van der Waals surface area contributed by atoms with Crippen molar-refractivity contribution < 1.29 is 0 Å². The van der Waals surface area contributed by atoms with Crippen molar-refractivity contribution in [1.29, 1.82) is 0 Å². The van der Waals surface area contributed by atoms with Gasteiger partial charge in [-0.3, -0.25) is 0 Å². The summed E-state index contributed by atoms with van der Waals surface area (Å²) in [5.41, 5.74) is 1.38. The van der Waals surface area contributed by atoms with Crippen LogP contribution >= 0.6 is 0 Å². The highest BCUT2D eigenvalue weighted by Crippen LogP contribution is 2.08. The molecule has 1 rings (SSSR count). The summed E-state index contributed by atoms with van der Waals surface area (Å²) >= 11 is 0. The third-order valence-corrected chi connectivity index (χ3v) is 2.75. The van der Waals surface area contributed by atoms with E-state index in [1.165, 1.54) is 5.56 Å². The van der Waals surface area contributed by atoms with E-state index < -0.39 is 0 Å². The molecule has 0 aliphatic heterocycles. The van der Waals surface area contributed by atoms with Gasteiger partial charge in [-0.05, 0) is 32.3 Å². The molecule has 1 atom stereocenters. The molecule has 1 unspecified atom stereocenters. The molecule has 1 aromatic rings. The maximum Gasteiger partial charge on any atom is 0.0448 e. The second kappa shape index (κ2) is 6.33. The summed E-state index contributed by atoms with van der Waals surface area (Å²) in [7, 11) is 6.30. The zero-order valence-electron chi connectivity index (χ0n) is 10.6. The standard InChI is InChI=1S/C14H22N2/c1-5-16(4)14(12-15(2)3)11-13-9-7-6-8-10-13/h5-10,14H,1,11-12H2,2-4H3. The first-order valence-corrected chi connectivity index (χ1v) is 5.66. The van der Waals surface area contributed by atoms with Gasteiger partial charge in [0.1, 0.15) is 0 Å². The van der Waals surface area contributed by atoms with Crippen LogP contribution < -0.4 is 0 Å². The lowest BCUT2D eigenvalue weighted by Gasteiger charge is -2.29. The van der Waals surface area contributed by atoms with E-state index in [1.54, 1.807) is 0 Å². The Balaban J connectivity index is 2.66. The van der Waals surface area contributed by atoms with Gasteiger partial charge < -0.3 is 9.80 Å². The van der Waals surface area contributed by atoms with Gasteiger partial charge in [-0.2, -0.15) is 0 Å². The van der Waals surface area contributed by atoms with Gasteiger partial charge in [-0.15, -0.1) is 0 Å². The van der Waals surface area contributed by atoms with Gasteiger partial charge in [0.2, 0.25) is 0 Å². The average molecular weight is 218 g/mol. The smallest absolute Gasteiger partial charge is 0.0448 e. The minimum absolute atomic E-state index is 0.481. The van der Waals surface area contributed by atoms with Crippen molar-refractivity contribution in [3.05, 3.63) is 48.7 Å². The van der Waals surface area contributed by atoms with Gasteiger partial charge in [-0.25, -0.2) is 0 Å². The Hall–Kier alpha value is -1.28. The molecule has 0 aliphatic carbocycles. The Kier molecular flexibility index (Phi) is 5.06. The molecular weight excluding hydrogens is 196 g/mol. The summed E-state index contributed by atoms with van der Waals surface area (Å²) in [6.07, 6.45) is 2.96. The van der Waals surface area contributed by atoms with Crippen LogP contribution in [0.1, 0.15) is 5.56 Å². The molecule has 0 heterocycles. The molecule has 2 nitrogen and oxygen atoms in total. The van der Waals surface area contributed by atoms with Crippen LogP contribution in [-0.2, 0) is 6.42 Å². The number of rotatable bonds is 6. The van der Waals surface area contributed by atoms with Crippen LogP contribution in [0.2, 0.25) is 0 Å². The molecule has 88 valence electrons. The van der Waals surface area contributed by atoms with Gasteiger partial charge in [0.15, 0.2) is 0 Å². The summed E-state index contributed by atoms with van der Waals surface area (Å²) < 4.78 is 0. The lowest BCUT2D eigenvalue weighted by atomic mass is 10.0. The van der Waals surface area contributed by atoms with Crippen LogP contribution in [0.5, 0.6) is 0 Å². The lowest BCUT2D eigenvalue weighted by Crippen LogP contribution is -2.38. The normalized spacial score (nSPS) is 12.5. The van der Waals surface area contributed by atoms with E-state index in [0.29, 0.717) is 6.04 Å². The fraction of sp³-hybridized carbons (Fsp3) is 0.429. The number of hydrogen-bond donors (Lipinski definition) is 0. The molecule has 0 saturated carbocycles. The highest BCUT2D eigenvalue weighted by molar-refractivity contribution is 5.16. The van der Waals surface area contributed by atoms with Crippen molar-refractivity contribution in [3.63, 3.8) is 0 Å². The summed E-state index contributed by atoms with van der Waals surface area (Å²) in [6.45, 7) is 4.88. The van der Waals surface area contributed by atoms with Crippen LogP contribution in [0.3, 0.4) is 0 Å². The highest BCUT2D eigenvalue weighted by atomic mass is 15.2. The Morgan fingerprint density at radius 2 is 1.81 bits per heavy atom. The maximum atomic E-state index is 3.84. The molecule has 0 amide bonds. The quantitative estimate of drug-likeness (QED) is 0.722. The average Bonchev–Trinajstić information content (AvgIpc) is 2.28. The highest BCUT2D eigenvalue weighted by Gasteiger charge is 2.13. The first kappa shape index (κ1) is 12.8. The van der Waals surface area contributed by atoms with Gasteiger partial charge in [-0.1, -0.05) is 36.9 Å². The first-order valence-electron chi connectivity index (χ1n) is 5.66. The Bertz CT molecular complexity index is 306. The molecule has 0 saturated heterocycles. The van der Waals surface area contributed by atoms with E-state index >= 15 is 0 Å². The Morgan fingerprint density at radius 3 is 2.31 bits per heavy atom. The molecule has 0 aliphatic rings. The summed E-state index contributed by atoms with van der Waals surface area (Å²) in [4.78, 5) is 4.40. The van der Waals surface area contributed by atoms with Crippen molar-refractivity contribution >= 4 is 0 Å². The Morgan fingerprint density at radius 1 is 1.19 bits per heavy atom. The van der Waals surface area contributed by atoms with E-state index in [2.05, 4.69) is 67.9 Å². The van der Waals surface area contributed by atoms with E-state index in [9.17, 15) is 0 Å². The summed E-state index contributed by atoms with van der Waals surface area (Å²) in [6, 6.07) is 11.1. The molecule has 0 radical (unpaired) electrons. The van der Waals surface area contributed by atoms with Gasteiger partial charge in [0.05, 0.1) is 0 Å². The van der Waals surface area contributed by atoms with E-state index in [0.717, 1.165) is 13.0 Å². The topological polar surface area (TPSA) is 6.48 Å². The molecule has 0 aromatic heterocycles. The monoisotopic (exact) mass is 218 g/mol. The molecule has 1 aromatic carbocycles. The number of nitrogens with zero attached hydrogens (tertiary/aromatic N) is 2. The SMILES string of the molecule is C=CN(C)C(Cc1ccccc1)CN(C)C. The zero-order valence-corrected chi connectivity index (χ0v) is 10.6. The van der Waals surface area contributed by atoms with Crippen molar-refractivity contribution in [1.82, 2.24) is 9.80 Å². The summed E-state index contributed by atoms with van der Waals surface area (Å²) in [5, 5.41) is 0. The molecule has 0 spiro atoms. The van der Waals surface area contributed by atoms with Crippen molar-refractivity contribution in [3.8, 4) is 0 Å². The minimum Gasteiger partial charge on any atom is -0.376 e. The predicted octanol–water partition coefficient (Wildman–Crippen LogP) is 2.23. The van der Waals surface area contributed by atoms with Crippen LogP contribution in [0.4, 0.5) is 0 Å². The molecule has 0 N–H and O–H groups in total. The fourth-order valence-corrected chi connectivity index (χ4v) is 1.79. The van der Waals surface area contributed by atoms with E-state index in [-0.39, 0.29) is 0 Å². The van der Waals surface area contributed by atoms with Crippen LogP contribution in [-0.4, -0.2) is 43.5 Å². The van der Waals surface area contributed by atoms with Crippen molar-refractivity contribution in [2.45, 2.75) is 12.5 Å². The third-order valence-electron chi connectivity index (χ3n) is 2.75. The second-order valence-corrected chi connectivity index (χ2v) is 4.45. The predicted molar refractivity (Wildman–Crippen MR) is 70.4 cm³/mol. The third kappa shape index (κ3) is 4.07. The van der Waals surface area contributed by atoms with Gasteiger partial charge >= 0.3 is 0 Å². The number of likely N-dealkylation sites (N-methyl/N-ethyl adjacent to an activating group) is 2. The van der Waals surface area contributed by atoms with Gasteiger partial charge in [0.25, 0.3) is 0 Å². The zero-order chi connectivity index (χ0) is 12.0. The van der Waals surface area contributed by atoms with Crippen molar-refractivity contribution in [2.24, 2.45) is 0 Å². The number of benzene rings is 1. The maximum absolute atomic E-state index is 3.84. The fourth-order valence-electron chi connectivity index (χ4n) is 1.79. The van der Waals surface area contributed by atoms with E-state index in [4.69, 9.17) is 0 Å². The second-order valence-electron chi connectivity index (χ2n) is 4.45. The molecular formula is C14H22N2. The van der Waals surface area contributed by atoms with Crippen LogP contribution in [0, 0.1) is 0 Å².